The third kappa shape index (κ3) is 2.20. The molecule has 1 N–H and O–H groups in total. The van der Waals surface area contributed by atoms with Gasteiger partial charge in [-0.1, -0.05) is 17.7 Å². The highest BCUT2D eigenvalue weighted by Crippen LogP contribution is 2.41. The summed E-state index contributed by atoms with van der Waals surface area (Å²) in [5.41, 5.74) is 4.56. The van der Waals surface area contributed by atoms with Crippen LogP contribution in [0.15, 0.2) is 18.3 Å². The Hall–Kier alpha value is -1.81. The van der Waals surface area contributed by atoms with Crippen molar-refractivity contribution in [2.24, 2.45) is 7.05 Å². The summed E-state index contributed by atoms with van der Waals surface area (Å²) in [6, 6.07) is 1.94. The van der Waals surface area contributed by atoms with Crippen molar-refractivity contribution < 1.29 is 4.79 Å². The van der Waals surface area contributed by atoms with Gasteiger partial charge in [-0.3, -0.25) is 9.48 Å². The molecule has 0 saturated heterocycles. The summed E-state index contributed by atoms with van der Waals surface area (Å²) in [5.74, 6) is -0.0160. The Morgan fingerprint density at radius 3 is 3.10 bits per heavy atom. The smallest absolute Gasteiger partial charge is 0.217 e. The van der Waals surface area contributed by atoms with Crippen LogP contribution in [0, 0.1) is 0 Å². The predicted octanol–water partition coefficient (Wildman–Crippen LogP) is 2.69. The maximum Gasteiger partial charge on any atom is 0.217 e. The van der Waals surface area contributed by atoms with Gasteiger partial charge in [-0.2, -0.15) is 5.10 Å². The van der Waals surface area contributed by atoms with Gasteiger partial charge >= 0.3 is 0 Å². The summed E-state index contributed by atoms with van der Waals surface area (Å²) in [6.45, 7) is 2.08. The molecule has 0 atom stereocenters. The predicted molar refractivity (Wildman–Crippen MR) is 80.7 cm³/mol. The van der Waals surface area contributed by atoms with Crippen molar-refractivity contribution in [3.8, 4) is 0 Å². The molecule has 1 aromatic carbocycles. The molecule has 20 heavy (non-hydrogen) atoms. The van der Waals surface area contributed by atoms with E-state index in [1.54, 1.807) is 0 Å². The van der Waals surface area contributed by atoms with Crippen LogP contribution in [0.25, 0.3) is 16.5 Å². The molecule has 0 saturated carbocycles. The fraction of sp³-hybridized carbons (Fsp3) is 0.333. The second-order valence-electron chi connectivity index (χ2n) is 5.11. The summed E-state index contributed by atoms with van der Waals surface area (Å²) in [6.07, 6.45) is 6.02. The van der Waals surface area contributed by atoms with Crippen LogP contribution in [-0.4, -0.2) is 22.2 Å². The number of amides is 1. The minimum atomic E-state index is -0.0160. The second-order valence-corrected chi connectivity index (χ2v) is 5.52. The first-order valence-electron chi connectivity index (χ1n) is 6.65. The number of hydrogen-bond acceptors (Lipinski definition) is 2. The number of carbonyl (C=O) groups excluding carboxylic acids is 1. The number of allylic oxidation sites excluding steroid dienone is 1. The highest BCUT2D eigenvalue weighted by Gasteiger charge is 2.23. The molecule has 0 fully saturated rings. The Morgan fingerprint density at radius 1 is 1.55 bits per heavy atom. The Bertz CT molecular complexity index is 730. The first-order valence-corrected chi connectivity index (χ1v) is 7.02. The fourth-order valence-electron chi connectivity index (χ4n) is 2.81. The van der Waals surface area contributed by atoms with Gasteiger partial charge in [-0.15, -0.1) is 0 Å². The van der Waals surface area contributed by atoms with Crippen molar-refractivity contribution in [2.45, 2.75) is 19.8 Å². The second kappa shape index (κ2) is 4.94. The van der Waals surface area contributed by atoms with Crippen LogP contribution in [0.4, 0.5) is 0 Å². The molecular weight excluding hydrogens is 274 g/mol. The zero-order valence-corrected chi connectivity index (χ0v) is 12.3. The first kappa shape index (κ1) is 13.2. The molecule has 0 radical (unpaired) electrons. The van der Waals surface area contributed by atoms with Crippen LogP contribution in [0.5, 0.6) is 0 Å². The zero-order chi connectivity index (χ0) is 14.3. The van der Waals surface area contributed by atoms with Gasteiger partial charge in [0.2, 0.25) is 5.91 Å². The van der Waals surface area contributed by atoms with Gasteiger partial charge < -0.3 is 5.32 Å². The largest absolute Gasteiger partial charge is 0.353 e. The van der Waals surface area contributed by atoms with Crippen LogP contribution < -0.4 is 5.32 Å². The molecule has 0 bridgehead atoms. The molecule has 1 aliphatic rings. The van der Waals surface area contributed by atoms with Crippen LogP contribution >= 0.6 is 11.6 Å². The molecular formula is C15H16ClN3O. The first-order chi connectivity index (χ1) is 9.56. The van der Waals surface area contributed by atoms with Crippen LogP contribution in [0.1, 0.15) is 24.5 Å². The zero-order valence-electron chi connectivity index (χ0n) is 11.5. The summed E-state index contributed by atoms with van der Waals surface area (Å²) in [5, 5.41) is 9.16. The van der Waals surface area contributed by atoms with Gasteiger partial charge in [0.1, 0.15) is 0 Å². The minimum absolute atomic E-state index is 0.0160. The Labute approximate surface area is 122 Å². The Balaban J connectivity index is 2.08. The highest BCUT2D eigenvalue weighted by molar-refractivity contribution is 6.32. The average Bonchev–Trinajstić information content (AvgIpc) is 2.92. The number of nitrogens with zero attached hydrogens (tertiary/aromatic N) is 2. The monoisotopic (exact) mass is 289 g/mol. The number of benzene rings is 1. The van der Waals surface area contributed by atoms with Crippen molar-refractivity contribution in [2.75, 3.05) is 6.54 Å². The highest BCUT2D eigenvalue weighted by atomic mass is 35.5. The minimum Gasteiger partial charge on any atom is -0.353 e. The van der Waals surface area contributed by atoms with E-state index in [-0.39, 0.29) is 5.91 Å². The number of carbonyl (C=O) groups is 1. The molecule has 4 nitrogen and oxygen atoms in total. The number of nitrogens with one attached hydrogen (secondary N) is 1. The molecule has 0 aliphatic heterocycles. The fourth-order valence-corrected chi connectivity index (χ4v) is 3.10. The lowest BCUT2D eigenvalue weighted by atomic mass is 10.0. The van der Waals surface area contributed by atoms with Gasteiger partial charge in [0, 0.05) is 37.1 Å². The number of aryl methyl sites for hydroxylation is 1. The Kier molecular flexibility index (Phi) is 3.26. The number of halogens is 1. The SMILES string of the molecule is CC(=O)NC/C=C1\CCc2c(Cl)cc3nn(C)cc3c21. The van der Waals surface area contributed by atoms with E-state index in [0.717, 1.165) is 28.8 Å². The lowest BCUT2D eigenvalue weighted by Gasteiger charge is -2.05. The molecule has 1 aromatic heterocycles. The molecule has 2 aromatic rings. The molecule has 1 heterocycles. The van der Waals surface area contributed by atoms with Gasteiger partial charge in [0.15, 0.2) is 0 Å². The van der Waals surface area contributed by atoms with Crippen LogP contribution in [0.2, 0.25) is 5.02 Å². The van der Waals surface area contributed by atoms with E-state index in [0.29, 0.717) is 6.54 Å². The molecule has 1 aliphatic carbocycles. The maximum absolute atomic E-state index is 11.0. The van der Waals surface area contributed by atoms with Crippen molar-refractivity contribution in [3.05, 3.63) is 34.5 Å². The molecule has 5 heteroatoms. The topological polar surface area (TPSA) is 46.9 Å². The molecule has 104 valence electrons. The summed E-state index contributed by atoms with van der Waals surface area (Å²) in [7, 11) is 1.91. The van der Waals surface area contributed by atoms with E-state index >= 15 is 0 Å². The number of aromatic nitrogens is 2. The molecule has 0 spiro atoms. The van der Waals surface area contributed by atoms with E-state index in [9.17, 15) is 4.79 Å². The molecule has 3 rings (SSSR count). The van der Waals surface area contributed by atoms with E-state index in [1.807, 2.05) is 24.0 Å². The molecule has 0 unspecified atom stereocenters. The lowest BCUT2D eigenvalue weighted by molar-refractivity contribution is -0.118. The third-order valence-electron chi connectivity index (χ3n) is 3.65. The van der Waals surface area contributed by atoms with E-state index < -0.39 is 0 Å². The number of hydrogen-bond donors (Lipinski definition) is 1. The normalized spacial score (nSPS) is 15.8. The molecule has 1 amide bonds. The van der Waals surface area contributed by atoms with Crippen molar-refractivity contribution in [1.29, 1.82) is 0 Å². The van der Waals surface area contributed by atoms with Crippen LogP contribution in [-0.2, 0) is 18.3 Å². The Morgan fingerprint density at radius 2 is 2.35 bits per heavy atom. The lowest BCUT2D eigenvalue weighted by Crippen LogP contribution is -2.19. The standard InChI is InChI=1S/C15H16ClN3O/c1-9(20)17-6-5-10-3-4-11-13(16)7-14-12(15(10)11)8-19(2)18-14/h5,7-8H,3-4,6H2,1-2H3,(H,17,20)/b10-5+. The van der Waals surface area contributed by atoms with E-state index in [1.165, 1.54) is 23.6 Å². The average molecular weight is 290 g/mol. The van der Waals surface area contributed by atoms with Crippen molar-refractivity contribution in [1.82, 2.24) is 15.1 Å². The summed E-state index contributed by atoms with van der Waals surface area (Å²) >= 11 is 6.36. The number of rotatable bonds is 2. The summed E-state index contributed by atoms with van der Waals surface area (Å²) in [4.78, 5) is 11.0. The van der Waals surface area contributed by atoms with Gasteiger partial charge in [-0.05, 0) is 35.6 Å². The van der Waals surface area contributed by atoms with Gasteiger partial charge in [0.25, 0.3) is 0 Å². The van der Waals surface area contributed by atoms with E-state index in [2.05, 4.69) is 16.5 Å². The summed E-state index contributed by atoms with van der Waals surface area (Å²) < 4.78 is 1.81. The maximum atomic E-state index is 11.0. The third-order valence-corrected chi connectivity index (χ3v) is 3.98. The van der Waals surface area contributed by atoms with Crippen LogP contribution in [0.3, 0.4) is 0 Å². The van der Waals surface area contributed by atoms with Gasteiger partial charge in [0.05, 0.1) is 5.52 Å². The number of fused-ring (bicyclic) bond motifs is 3. The quantitative estimate of drug-likeness (QED) is 0.924. The van der Waals surface area contributed by atoms with Crippen molar-refractivity contribution >= 4 is 34.0 Å². The van der Waals surface area contributed by atoms with Gasteiger partial charge in [-0.25, -0.2) is 0 Å². The van der Waals surface area contributed by atoms with E-state index in [4.69, 9.17) is 11.6 Å². The van der Waals surface area contributed by atoms with Crippen molar-refractivity contribution in [3.63, 3.8) is 0 Å².